The predicted octanol–water partition coefficient (Wildman–Crippen LogP) is 5.30. The van der Waals surface area contributed by atoms with Crippen LogP contribution in [0.15, 0.2) is 67.0 Å². The van der Waals surface area contributed by atoms with Crippen molar-refractivity contribution >= 4 is 34.3 Å². The van der Waals surface area contributed by atoms with Gasteiger partial charge in [-0.15, -0.1) is 0 Å². The van der Waals surface area contributed by atoms with Crippen LogP contribution in [0.5, 0.6) is 23.0 Å². The first-order valence-electron chi connectivity index (χ1n) is 10.7. The van der Waals surface area contributed by atoms with Crippen LogP contribution in [-0.4, -0.2) is 44.2 Å². The van der Waals surface area contributed by atoms with E-state index in [-0.39, 0.29) is 5.78 Å². The molecule has 1 heterocycles. The molecule has 0 aliphatic rings. The van der Waals surface area contributed by atoms with E-state index in [1.807, 2.05) is 30.3 Å². The Morgan fingerprint density at radius 2 is 1.46 bits per heavy atom. The van der Waals surface area contributed by atoms with Crippen LogP contribution in [0.25, 0.3) is 17.0 Å². The Morgan fingerprint density at radius 3 is 2.09 bits per heavy atom. The van der Waals surface area contributed by atoms with Crippen LogP contribution >= 0.6 is 0 Å². The summed E-state index contributed by atoms with van der Waals surface area (Å²) < 4.78 is 21.3. The summed E-state index contributed by atoms with van der Waals surface area (Å²) in [4.78, 5) is 21.4. The number of carbonyl (C=O) groups is 1. The molecule has 0 aliphatic carbocycles. The second kappa shape index (κ2) is 10.6. The third kappa shape index (κ3) is 5.33. The highest BCUT2D eigenvalue weighted by Gasteiger charge is 2.11. The zero-order chi connectivity index (χ0) is 24.8. The predicted molar refractivity (Wildman–Crippen MR) is 135 cm³/mol. The molecule has 0 unspecified atom stereocenters. The Morgan fingerprint density at radius 1 is 0.800 bits per heavy atom. The molecule has 0 radical (unpaired) electrons. The van der Waals surface area contributed by atoms with Crippen LogP contribution in [0.3, 0.4) is 0 Å². The summed E-state index contributed by atoms with van der Waals surface area (Å²) in [6.45, 7) is 0. The summed E-state index contributed by atoms with van der Waals surface area (Å²) in [7, 11) is 6.33. The van der Waals surface area contributed by atoms with Crippen molar-refractivity contribution in [2.45, 2.75) is 0 Å². The lowest BCUT2D eigenvalue weighted by atomic mass is 10.1. The van der Waals surface area contributed by atoms with Crippen molar-refractivity contribution < 1.29 is 23.7 Å². The van der Waals surface area contributed by atoms with Gasteiger partial charge >= 0.3 is 0 Å². The van der Waals surface area contributed by atoms with Crippen LogP contribution < -0.4 is 24.3 Å². The normalized spacial score (nSPS) is 10.9. The summed E-state index contributed by atoms with van der Waals surface area (Å²) >= 11 is 0. The van der Waals surface area contributed by atoms with E-state index in [9.17, 15) is 4.79 Å². The lowest BCUT2D eigenvalue weighted by molar-refractivity contribution is 0.104. The number of allylic oxidation sites excluding steroid dienone is 1. The number of rotatable bonds is 9. The monoisotopic (exact) mass is 471 g/mol. The zero-order valence-electron chi connectivity index (χ0n) is 19.9. The Bertz CT molecular complexity index is 1360. The maximum Gasteiger partial charge on any atom is 0.185 e. The third-order valence-corrected chi connectivity index (χ3v) is 5.37. The molecular formula is C27H25N3O5. The molecule has 4 aromatic rings. The minimum absolute atomic E-state index is 0.123. The fourth-order valence-corrected chi connectivity index (χ4v) is 3.53. The number of carbonyl (C=O) groups excluding carboxylic acids is 1. The number of methoxy groups -OCH3 is 4. The van der Waals surface area contributed by atoms with Gasteiger partial charge in [0, 0.05) is 28.8 Å². The summed E-state index contributed by atoms with van der Waals surface area (Å²) in [6, 6.07) is 16.2. The van der Waals surface area contributed by atoms with Crippen LogP contribution in [-0.2, 0) is 0 Å². The van der Waals surface area contributed by atoms with E-state index in [1.54, 1.807) is 58.8 Å². The number of benzene rings is 3. The minimum atomic E-state index is -0.123. The molecule has 178 valence electrons. The second-order valence-electron chi connectivity index (χ2n) is 7.49. The van der Waals surface area contributed by atoms with Gasteiger partial charge in [-0.1, -0.05) is 6.08 Å². The van der Waals surface area contributed by atoms with Crippen LogP contribution in [0.4, 0.5) is 11.5 Å². The van der Waals surface area contributed by atoms with Gasteiger partial charge in [-0.2, -0.15) is 0 Å². The van der Waals surface area contributed by atoms with Crippen molar-refractivity contribution in [3.63, 3.8) is 0 Å². The van der Waals surface area contributed by atoms with Gasteiger partial charge in [-0.3, -0.25) is 4.79 Å². The number of hydrogen-bond acceptors (Lipinski definition) is 8. The summed E-state index contributed by atoms with van der Waals surface area (Å²) in [5, 5.41) is 4.06. The highest BCUT2D eigenvalue weighted by molar-refractivity contribution is 6.07. The van der Waals surface area contributed by atoms with Crippen molar-refractivity contribution in [2.75, 3.05) is 33.8 Å². The van der Waals surface area contributed by atoms with Gasteiger partial charge in [0.1, 0.15) is 23.6 Å². The molecule has 0 fully saturated rings. The largest absolute Gasteiger partial charge is 0.497 e. The maximum atomic E-state index is 12.7. The van der Waals surface area contributed by atoms with E-state index in [4.69, 9.17) is 18.9 Å². The van der Waals surface area contributed by atoms with Crippen molar-refractivity contribution in [3.05, 3.63) is 78.1 Å². The van der Waals surface area contributed by atoms with Crippen molar-refractivity contribution in [2.24, 2.45) is 0 Å². The quantitative estimate of drug-likeness (QED) is 0.260. The first kappa shape index (κ1) is 23.6. The van der Waals surface area contributed by atoms with E-state index < -0.39 is 0 Å². The van der Waals surface area contributed by atoms with E-state index in [1.165, 1.54) is 12.4 Å². The Balaban J connectivity index is 1.52. The smallest absolute Gasteiger partial charge is 0.185 e. The van der Waals surface area contributed by atoms with E-state index in [2.05, 4.69) is 15.3 Å². The van der Waals surface area contributed by atoms with Gasteiger partial charge in [0.2, 0.25) is 0 Å². The van der Waals surface area contributed by atoms with Gasteiger partial charge in [-0.25, -0.2) is 9.97 Å². The van der Waals surface area contributed by atoms with Gasteiger partial charge < -0.3 is 24.3 Å². The molecule has 0 aliphatic heterocycles. The number of nitrogens with zero attached hydrogens (tertiary/aromatic N) is 2. The molecule has 0 saturated heterocycles. The van der Waals surface area contributed by atoms with Crippen LogP contribution in [0.2, 0.25) is 0 Å². The zero-order valence-corrected chi connectivity index (χ0v) is 19.9. The average Bonchev–Trinajstić information content (AvgIpc) is 2.91. The fourth-order valence-electron chi connectivity index (χ4n) is 3.53. The van der Waals surface area contributed by atoms with E-state index in [0.717, 1.165) is 16.6 Å². The first-order valence-corrected chi connectivity index (χ1v) is 10.7. The van der Waals surface area contributed by atoms with Crippen molar-refractivity contribution in [1.82, 2.24) is 9.97 Å². The molecule has 0 amide bonds. The molecule has 0 saturated carbocycles. The third-order valence-electron chi connectivity index (χ3n) is 5.37. The molecule has 0 bridgehead atoms. The average molecular weight is 472 g/mol. The number of ether oxygens (including phenoxy) is 4. The number of fused-ring (bicyclic) bond motifs is 1. The number of anilines is 2. The van der Waals surface area contributed by atoms with Crippen LogP contribution in [0.1, 0.15) is 15.9 Å². The highest BCUT2D eigenvalue weighted by atomic mass is 16.5. The Labute approximate surface area is 203 Å². The Hall–Kier alpha value is -4.59. The molecule has 1 N–H and O–H groups in total. The molecule has 1 aromatic heterocycles. The minimum Gasteiger partial charge on any atom is -0.497 e. The van der Waals surface area contributed by atoms with Gasteiger partial charge in [-0.05, 0) is 54.1 Å². The molecule has 8 nitrogen and oxygen atoms in total. The van der Waals surface area contributed by atoms with E-state index in [0.29, 0.717) is 39.9 Å². The lowest BCUT2D eigenvalue weighted by Gasteiger charge is -2.12. The molecular weight excluding hydrogens is 446 g/mol. The molecule has 4 rings (SSSR count). The number of ketones is 1. The molecule has 8 heteroatoms. The fraction of sp³-hybridized carbons (Fsp3) is 0.148. The molecule has 0 atom stereocenters. The summed E-state index contributed by atoms with van der Waals surface area (Å²) in [5.74, 6) is 2.97. The SMILES string of the molecule is COc1cc(/C=C/C(=O)c2ccc(Nc3ncnc4cc(OC)c(OC)cc34)cc2)cc(OC)c1. The summed E-state index contributed by atoms with van der Waals surface area (Å²) in [6.07, 6.45) is 4.73. The number of hydrogen-bond donors (Lipinski definition) is 1. The molecule has 3 aromatic carbocycles. The van der Waals surface area contributed by atoms with Crippen molar-refractivity contribution in [3.8, 4) is 23.0 Å². The molecule has 35 heavy (non-hydrogen) atoms. The topological polar surface area (TPSA) is 91.8 Å². The Kier molecular flexibility index (Phi) is 7.11. The number of aromatic nitrogens is 2. The highest BCUT2D eigenvalue weighted by Crippen LogP contribution is 2.34. The lowest BCUT2D eigenvalue weighted by Crippen LogP contribution is -1.99. The van der Waals surface area contributed by atoms with Gasteiger partial charge in [0.15, 0.2) is 17.3 Å². The standard InChI is InChI=1S/C27H25N3O5/c1-32-20-11-17(12-21(13-20)33-2)5-10-24(31)18-6-8-19(9-7-18)30-27-22-14-25(34-3)26(35-4)15-23(22)28-16-29-27/h5-16H,1-4H3,(H,28,29,30)/b10-5+. The summed E-state index contributed by atoms with van der Waals surface area (Å²) in [5.41, 5.74) is 2.85. The molecule has 0 spiro atoms. The second-order valence-corrected chi connectivity index (χ2v) is 7.49. The van der Waals surface area contributed by atoms with Gasteiger partial charge in [0.25, 0.3) is 0 Å². The van der Waals surface area contributed by atoms with E-state index >= 15 is 0 Å². The van der Waals surface area contributed by atoms with Crippen LogP contribution in [0, 0.1) is 0 Å². The maximum absolute atomic E-state index is 12.7. The van der Waals surface area contributed by atoms with Crippen molar-refractivity contribution in [1.29, 1.82) is 0 Å². The van der Waals surface area contributed by atoms with Gasteiger partial charge in [0.05, 0.1) is 34.0 Å². The first-order chi connectivity index (χ1) is 17.0. The number of nitrogens with one attached hydrogen (secondary N) is 1.